The maximum Gasteiger partial charge on any atom is 0.303 e. The maximum atomic E-state index is 13.4. The Bertz CT molecular complexity index is 2010. The smallest absolute Gasteiger partial charge is 0.303 e. The number of carbonyl (C=O) groups excluding carboxylic acids is 10. The van der Waals surface area contributed by atoms with E-state index in [1.807, 2.05) is 0 Å². The molecule has 0 heterocycles. The summed E-state index contributed by atoms with van der Waals surface area (Å²) in [6.45, 7) is 1.47. The minimum absolute atomic E-state index is 0.0674. The molecule has 2 aromatic rings. The molecule has 2 unspecified atom stereocenters. The summed E-state index contributed by atoms with van der Waals surface area (Å²) >= 11 is 30.9. The molecule has 0 aliphatic heterocycles. The highest BCUT2D eigenvalue weighted by atomic mass is 79.9. The SMILES string of the molecule is CC(=O)OCC(CNC(=O)c1c(Br)c(NC(=O)COCC(=O)Nc2c(Br)c(C(=O)Cl)c(Br)c(C(=O)NCC(COC(C)=O)OC(C)=O)c2Br)c(Br)c(C(=O)Cl)c1Br)OC(C)=O. The lowest BCUT2D eigenvalue weighted by Gasteiger charge is -2.20. The molecule has 19 nitrogen and oxygen atoms in total. The summed E-state index contributed by atoms with van der Waals surface area (Å²) in [6.07, 6.45) is -2.17. The van der Waals surface area contributed by atoms with Crippen molar-refractivity contribution in [2.24, 2.45) is 0 Å². The van der Waals surface area contributed by atoms with Gasteiger partial charge in [-0.1, -0.05) is 0 Å². The zero-order chi connectivity index (χ0) is 46.5. The fraction of sp³-hybridized carbons (Fsp3) is 0.353. The number of hydrogen-bond acceptors (Lipinski definition) is 15. The van der Waals surface area contributed by atoms with Crippen LogP contribution in [0.3, 0.4) is 0 Å². The Balaban J connectivity index is 2.29. The molecule has 0 spiro atoms. The molecule has 4 amide bonds. The molecule has 27 heteroatoms. The topological polar surface area (TPSA) is 265 Å². The number of carbonyl (C=O) groups is 10. The van der Waals surface area contributed by atoms with Gasteiger partial charge in [-0.2, -0.15) is 0 Å². The number of halogens is 8. The van der Waals surface area contributed by atoms with E-state index in [9.17, 15) is 47.9 Å². The molecule has 61 heavy (non-hydrogen) atoms. The second-order valence-corrected chi connectivity index (χ2v) is 17.2. The van der Waals surface area contributed by atoms with Crippen molar-refractivity contribution in [3.05, 3.63) is 49.1 Å². The maximum absolute atomic E-state index is 13.4. The van der Waals surface area contributed by atoms with E-state index in [2.05, 4.69) is 117 Å². The van der Waals surface area contributed by atoms with Crippen LogP contribution in [0.25, 0.3) is 0 Å². The van der Waals surface area contributed by atoms with Crippen LogP contribution in [0.1, 0.15) is 69.1 Å². The van der Waals surface area contributed by atoms with Gasteiger partial charge in [0.1, 0.15) is 26.4 Å². The Labute approximate surface area is 406 Å². The molecule has 0 saturated carbocycles. The van der Waals surface area contributed by atoms with Crippen molar-refractivity contribution in [2.75, 3.05) is 50.2 Å². The molecule has 2 aromatic carbocycles. The number of ether oxygens (including phenoxy) is 5. The van der Waals surface area contributed by atoms with Crippen LogP contribution in [-0.4, -0.2) is 110 Å². The van der Waals surface area contributed by atoms with Crippen molar-refractivity contribution in [1.82, 2.24) is 10.6 Å². The van der Waals surface area contributed by atoms with Gasteiger partial charge in [-0.3, -0.25) is 47.9 Å². The van der Waals surface area contributed by atoms with Gasteiger partial charge in [0, 0.05) is 36.6 Å². The van der Waals surface area contributed by atoms with E-state index in [0.717, 1.165) is 27.7 Å². The van der Waals surface area contributed by atoms with Crippen molar-refractivity contribution in [1.29, 1.82) is 0 Å². The first-order valence-corrected chi connectivity index (χ1v) is 22.1. The van der Waals surface area contributed by atoms with E-state index in [1.165, 1.54) is 0 Å². The van der Waals surface area contributed by atoms with Gasteiger partial charge in [0.25, 0.3) is 22.3 Å². The Morgan fingerprint density at radius 3 is 1.08 bits per heavy atom. The molecular weight excluding hydrogens is 1250 g/mol. The zero-order valence-electron chi connectivity index (χ0n) is 31.5. The van der Waals surface area contributed by atoms with Gasteiger partial charge in [0.2, 0.25) is 11.8 Å². The molecule has 2 rings (SSSR count). The zero-order valence-corrected chi connectivity index (χ0v) is 42.6. The molecular formula is C34H30Br6Cl2N4O15. The van der Waals surface area contributed by atoms with Gasteiger partial charge in [0.15, 0.2) is 12.2 Å². The summed E-state index contributed by atoms with van der Waals surface area (Å²) in [5.41, 5.74) is -1.36. The summed E-state index contributed by atoms with van der Waals surface area (Å²) in [7, 11) is 0. The van der Waals surface area contributed by atoms with Crippen molar-refractivity contribution in [3.8, 4) is 0 Å². The highest BCUT2D eigenvalue weighted by Crippen LogP contribution is 2.44. The summed E-state index contributed by atoms with van der Waals surface area (Å²) < 4.78 is 24.7. The molecule has 332 valence electrons. The average molecular weight is 1280 g/mol. The number of hydrogen-bond donors (Lipinski definition) is 4. The van der Waals surface area contributed by atoms with Gasteiger partial charge in [0.05, 0.1) is 64.6 Å². The molecule has 0 aromatic heterocycles. The number of anilines is 2. The Kier molecular flexibility index (Phi) is 22.4. The fourth-order valence-electron chi connectivity index (χ4n) is 4.63. The number of benzene rings is 2. The van der Waals surface area contributed by atoms with Crippen LogP contribution < -0.4 is 21.3 Å². The van der Waals surface area contributed by atoms with Crippen LogP contribution in [0.15, 0.2) is 26.8 Å². The first-order valence-electron chi connectivity index (χ1n) is 16.5. The molecule has 4 N–H and O–H groups in total. The predicted molar refractivity (Wildman–Crippen MR) is 237 cm³/mol. The monoisotopic (exact) mass is 1280 g/mol. The van der Waals surface area contributed by atoms with Crippen LogP contribution in [0.2, 0.25) is 0 Å². The second-order valence-electron chi connectivity index (χ2n) is 11.8. The minimum Gasteiger partial charge on any atom is -0.462 e. The van der Waals surface area contributed by atoms with E-state index >= 15 is 0 Å². The van der Waals surface area contributed by atoms with Crippen LogP contribution in [0, 0.1) is 0 Å². The van der Waals surface area contributed by atoms with Gasteiger partial charge in [-0.05, 0) is 119 Å². The average Bonchev–Trinajstić information content (AvgIpc) is 3.13. The quantitative estimate of drug-likeness (QED) is 0.0667. The lowest BCUT2D eigenvalue weighted by atomic mass is 10.1. The van der Waals surface area contributed by atoms with Crippen LogP contribution in [0.4, 0.5) is 11.4 Å². The van der Waals surface area contributed by atoms with Crippen molar-refractivity contribution >= 4 is 188 Å². The van der Waals surface area contributed by atoms with E-state index in [-0.39, 0.29) is 86.8 Å². The van der Waals surface area contributed by atoms with Crippen LogP contribution in [-0.2, 0) is 52.5 Å². The third-order valence-corrected chi connectivity index (χ3v) is 12.2. The summed E-state index contributed by atoms with van der Waals surface area (Å²) in [4.78, 5) is 123. The van der Waals surface area contributed by atoms with E-state index < -0.39 is 83.4 Å². The van der Waals surface area contributed by atoms with Gasteiger partial charge >= 0.3 is 23.9 Å². The van der Waals surface area contributed by atoms with E-state index in [1.54, 1.807) is 0 Å². The third kappa shape index (κ3) is 16.2. The molecule has 0 saturated heterocycles. The Morgan fingerprint density at radius 2 is 0.803 bits per heavy atom. The van der Waals surface area contributed by atoms with Crippen LogP contribution in [0.5, 0.6) is 0 Å². The molecule has 0 bridgehead atoms. The fourth-order valence-corrected chi connectivity index (χ4v) is 11.3. The first-order chi connectivity index (χ1) is 28.4. The van der Waals surface area contributed by atoms with Crippen molar-refractivity contribution < 1.29 is 71.6 Å². The molecule has 0 fully saturated rings. The van der Waals surface area contributed by atoms with Gasteiger partial charge in [-0.25, -0.2) is 0 Å². The number of nitrogens with one attached hydrogen (secondary N) is 4. The largest absolute Gasteiger partial charge is 0.462 e. The standard InChI is InChI=1S/C34H30Br6Cl2N4O15/c1-11(47)58-7-15(60-13(3)49)5-43-33(55)21-23(35)19(31(41)53)25(37)29(27(21)39)45-17(51)9-57-10-18(52)46-30-26(38)20(32(42)54)24(36)22(28(30)40)34(56)44-6-16(61-14(4)50)8-59-12(2)48/h15-16H,5-10H2,1-4H3,(H,43,55)(H,44,56)(H,45,51)(H,46,52). The minimum atomic E-state index is -1.09. The molecule has 0 aliphatic carbocycles. The summed E-state index contributed by atoms with van der Waals surface area (Å²) in [5.74, 6) is -6.28. The summed E-state index contributed by atoms with van der Waals surface area (Å²) in [5, 5.41) is 7.79. The molecule has 0 radical (unpaired) electrons. The van der Waals surface area contributed by atoms with Gasteiger partial charge in [-0.15, -0.1) is 0 Å². The highest BCUT2D eigenvalue weighted by Gasteiger charge is 2.31. The number of amides is 4. The van der Waals surface area contributed by atoms with Crippen molar-refractivity contribution in [2.45, 2.75) is 39.9 Å². The third-order valence-electron chi connectivity index (χ3n) is 7.07. The van der Waals surface area contributed by atoms with Gasteiger partial charge < -0.3 is 45.0 Å². The van der Waals surface area contributed by atoms with Crippen molar-refractivity contribution in [3.63, 3.8) is 0 Å². The molecule has 2 atom stereocenters. The Morgan fingerprint density at radius 1 is 0.492 bits per heavy atom. The highest BCUT2D eigenvalue weighted by molar-refractivity contribution is 9.12. The van der Waals surface area contributed by atoms with Crippen LogP contribution >= 0.6 is 119 Å². The van der Waals surface area contributed by atoms with E-state index in [4.69, 9.17) is 46.9 Å². The normalized spacial score (nSPS) is 11.6. The first kappa shape index (κ1) is 54.1. The van der Waals surface area contributed by atoms with E-state index in [0.29, 0.717) is 0 Å². The lowest BCUT2D eigenvalue weighted by molar-refractivity contribution is -0.155. The number of esters is 4. The lowest BCUT2D eigenvalue weighted by Crippen LogP contribution is -2.38. The molecule has 0 aliphatic rings. The Hall–Kier alpha value is -3.04. The predicted octanol–water partition coefficient (Wildman–Crippen LogP) is 6.06. The summed E-state index contributed by atoms with van der Waals surface area (Å²) in [6, 6.07) is 0. The second kappa shape index (κ2) is 25.3. The number of rotatable bonds is 20.